The Morgan fingerprint density at radius 1 is 0.950 bits per heavy atom. The van der Waals surface area contributed by atoms with E-state index >= 15 is 0 Å². The molecule has 0 fully saturated rings. The lowest BCUT2D eigenvalue weighted by Gasteiger charge is -2.24. The fourth-order valence-corrected chi connectivity index (χ4v) is 1.17. The van der Waals surface area contributed by atoms with Crippen molar-refractivity contribution in [3.63, 3.8) is 0 Å². The highest BCUT2D eigenvalue weighted by atomic mass is 16.7. The van der Waals surface area contributed by atoms with Crippen molar-refractivity contribution in [2.45, 2.75) is 59.2 Å². The molecule has 0 bridgehead atoms. The molecule has 0 aliphatic carbocycles. The molecule has 0 unspecified atom stereocenters. The SMILES string of the molecule is CN(CCCOC(=O)OC(C)(C)C)C(=O)OC(C)(C)C. The Balaban J connectivity index is 3.85. The Bertz CT molecular complexity index is 327. The molecule has 0 spiro atoms. The van der Waals surface area contributed by atoms with Gasteiger partial charge in [-0.2, -0.15) is 0 Å². The van der Waals surface area contributed by atoms with Crippen LogP contribution in [0.2, 0.25) is 0 Å². The third kappa shape index (κ3) is 10.5. The molecular formula is C14H27NO5. The zero-order valence-electron chi connectivity index (χ0n) is 13.6. The fraction of sp³-hybridized carbons (Fsp3) is 0.857. The lowest BCUT2D eigenvalue weighted by molar-refractivity contribution is -0.00850. The number of amides is 1. The van der Waals surface area contributed by atoms with Gasteiger partial charge in [0.15, 0.2) is 0 Å². The van der Waals surface area contributed by atoms with Crippen molar-refractivity contribution in [2.75, 3.05) is 20.2 Å². The van der Waals surface area contributed by atoms with E-state index in [0.717, 1.165) is 0 Å². The van der Waals surface area contributed by atoms with E-state index in [-0.39, 0.29) is 6.61 Å². The Kier molecular flexibility index (Phi) is 6.82. The van der Waals surface area contributed by atoms with Gasteiger partial charge in [0.1, 0.15) is 11.2 Å². The molecule has 118 valence electrons. The summed E-state index contributed by atoms with van der Waals surface area (Å²) in [6.45, 7) is 11.4. The van der Waals surface area contributed by atoms with Crippen LogP contribution in [0.3, 0.4) is 0 Å². The zero-order valence-corrected chi connectivity index (χ0v) is 13.6. The molecule has 1 amide bonds. The number of nitrogens with zero attached hydrogens (tertiary/aromatic N) is 1. The van der Waals surface area contributed by atoms with Gasteiger partial charge in [-0.05, 0) is 48.0 Å². The van der Waals surface area contributed by atoms with Gasteiger partial charge in [-0.3, -0.25) is 0 Å². The van der Waals surface area contributed by atoms with Crippen molar-refractivity contribution >= 4 is 12.2 Å². The highest BCUT2D eigenvalue weighted by molar-refractivity contribution is 5.67. The van der Waals surface area contributed by atoms with Gasteiger partial charge in [0.05, 0.1) is 6.61 Å². The summed E-state index contributed by atoms with van der Waals surface area (Å²) >= 11 is 0. The van der Waals surface area contributed by atoms with Crippen LogP contribution in [-0.4, -0.2) is 48.5 Å². The lowest BCUT2D eigenvalue weighted by atomic mass is 10.2. The van der Waals surface area contributed by atoms with Gasteiger partial charge in [0.2, 0.25) is 0 Å². The summed E-state index contributed by atoms with van der Waals surface area (Å²) in [5.74, 6) is 0. The summed E-state index contributed by atoms with van der Waals surface area (Å²) in [6, 6.07) is 0. The molecule has 0 saturated carbocycles. The van der Waals surface area contributed by atoms with E-state index in [4.69, 9.17) is 14.2 Å². The Labute approximate surface area is 121 Å². The van der Waals surface area contributed by atoms with Crippen LogP contribution in [0.5, 0.6) is 0 Å². The maximum absolute atomic E-state index is 11.6. The molecule has 0 atom stereocenters. The second kappa shape index (κ2) is 7.36. The molecule has 0 aromatic carbocycles. The van der Waals surface area contributed by atoms with Crippen LogP contribution in [0.25, 0.3) is 0 Å². The Morgan fingerprint density at radius 3 is 1.90 bits per heavy atom. The first-order valence-electron chi connectivity index (χ1n) is 6.70. The van der Waals surface area contributed by atoms with Crippen LogP contribution in [0.1, 0.15) is 48.0 Å². The van der Waals surface area contributed by atoms with Gasteiger partial charge >= 0.3 is 12.2 Å². The first-order valence-corrected chi connectivity index (χ1v) is 6.70. The number of carbonyl (C=O) groups excluding carboxylic acids is 2. The van der Waals surface area contributed by atoms with Crippen molar-refractivity contribution < 1.29 is 23.8 Å². The molecule has 6 heteroatoms. The Hall–Kier alpha value is -1.46. The first-order chi connectivity index (χ1) is 8.91. The monoisotopic (exact) mass is 289 g/mol. The highest BCUT2D eigenvalue weighted by Crippen LogP contribution is 2.10. The summed E-state index contributed by atoms with van der Waals surface area (Å²) in [6.07, 6.45) is -0.568. The number of carbonyl (C=O) groups is 2. The van der Waals surface area contributed by atoms with Gasteiger partial charge in [-0.1, -0.05) is 0 Å². The standard InChI is InChI=1S/C14H27NO5/c1-13(2,3)19-11(16)15(7)9-8-10-18-12(17)20-14(4,5)6/h8-10H2,1-7H3. The van der Waals surface area contributed by atoms with Crippen LogP contribution in [0.15, 0.2) is 0 Å². The second-order valence-electron chi connectivity index (χ2n) is 6.57. The van der Waals surface area contributed by atoms with Crippen LogP contribution >= 0.6 is 0 Å². The summed E-state index contributed by atoms with van der Waals surface area (Å²) in [5, 5.41) is 0. The van der Waals surface area contributed by atoms with Crippen LogP contribution in [-0.2, 0) is 14.2 Å². The van der Waals surface area contributed by atoms with E-state index in [9.17, 15) is 9.59 Å². The first kappa shape index (κ1) is 18.5. The van der Waals surface area contributed by atoms with E-state index < -0.39 is 23.5 Å². The minimum atomic E-state index is -0.697. The Morgan fingerprint density at radius 2 is 1.45 bits per heavy atom. The molecular weight excluding hydrogens is 262 g/mol. The predicted octanol–water partition coefficient (Wildman–Crippen LogP) is 3.20. The van der Waals surface area contributed by atoms with E-state index in [1.807, 2.05) is 20.8 Å². The van der Waals surface area contributed by atoms with E-state index in [1.165, 1.54) is 4.90 Å². The van der Waals surface area contributed by atoms with Crippen molar-refractivity contribution in [1.29, 1.82) is 0 Å². The summed E-state index contributed by atoms with van der Waals surface area (Å²) in [5.41, 5.74) is -1.08. The number of hydrogen-bond donors (Lipinski definition) is 0. The molecule has 0 N–H and O–H groups in total. The molecule has 0 aliphatic heterocycles. The van der Waals surface area contributed by atoms with Gasteiger partial charge in [-0.25, -0.2) is 9.59 Å². The number of rotatable bonds is 4. The van der Waals surface area contributed by atoms with Crippen LogP contribution in [0, 0.1) is 0 Å². The molecule has 0 heterocycles. The molecule has 0 radical (unpaired) electrons. The van der Waals surface area contributed by atoms with Gasteiger partial charge < -0.3 is 19.1 Å². The topological polar surface area (TPSA) is 65.1 Å². The predicted molar refractivity (Wildman–Crippen MR) is 75.7 cm³/mol. The lowest BCUT2D eigenvalue weighted by Crippen LogP contribution is -2.35. The molecule has 0 aromatic rings. The molecule has 0 aliphatic rings. The summed E-state index contributed by atoms with van der Waals surface area (Å²) in [7, 11) is 1.64. The van der Waals surface area contributed by atoms with Gasteiger partial charge in [0.25, 0.3) is 0 Å². The number of hydrogen-bond acceptors (Lipinski definition) is 5. The minimum absolute atomic E-state index is 0.196. The smallest absolute Gasteiger partial charge is 0.444 e. The van der Waals surface area contributed by atoms with E-state index in [2.05, 4.69) is 0 Å². The van der Waals surface area contributed by atoms with Crippen molar-refractivity contribution in [3.8, 4) is 0 Å². The average Bonchev–Trinajstić information content (AvgIpc) is 2.18. The fourth-order valence-electron chi connectivity index (χ4n) is 1.17. The molecule has 0 saturated heterocycles. The summed E-state index contributed by atoms with van der Waals surface area (Å²) < 4.78 is 15.1. The largest absolute Gasteiger partial charge is 0.508 e. The van der Waals surface area contributed by atoms with Crippen molar-refractivity contribution in [3.05, 3.63) is 0 Å². The average molecular weight is 289 g/mol. The highest BCUT2D eigenvalue weighted by Gasteiger charge is 2.20. The normalized spacial score (nSPS) is 11.8. The van der Waals surface area contributed by atoms with Crippen molar-refractivity contribution in [2.24, 2.45) is 0 Å². The zero-order chi connectivity index (χ0) is 16.0. The third-order valence-electron chi connectivity index (χ3n) is 1.95. The van der Waals surface area contributed by atoms with Gasteiger partial charge in [-0.15, -0.1) is 0 Å². The molecule has 6 nitrogen and oxygen atoms in total. The molecule has 0 rings (SSSR count). The van der Waals surface area contributed by atoms with E-state index in [0.29, 0.717) is 13.0 Å². The van der Waals surface area contributed by atoms with Gasteiger partial charge in [0, 0.05) is 13.6 Å². The van der Waals surface area contributed by atoms with E-state index in [1.54, 1.807) is 27.8 Å². The molecule has 0 aromatic heterocycles. The number of ether oxygens (including phenoxy) is 3. The maximum Gasteiger partial charge on any atom is 0.508 e. The van der Waals surface area contributed by atoms with Crippen molar-refractivity contribution in [1.82, 2.24) is 4.90 Å². The summed E-state index contributed by atoms with van der Waals surface area (Å²) in [4.78, 5) is 24.4. The van der Waals surface area contributed by atoms with Crippen LogP contribution < -0.4 is 0 Å². The maximum atomic E-state index is 11.6. The minimum Gasteiger partial charge on any atom is -0.444 e. The second-order valence-corrected chi connectivity index (χ2v) is 6.57. The quantitative estimate of drug-likeness (QED) is 0.587. The third-order valence-corrected chi connectivity index (χ3v) is 1.95. The molecule has 20 heavy (non-hydrogen) atoms. The van der Waals surface area contributed by atoms with Crippen LogP contribution in [0.4, 0.5) is 9.59 Å².